The zero-order valence-electron chi connectivity index (χ0n) is 17.5. The highest BCUT2D eigenvalue weighted by molar-refractivity contribution is 8.78. The first-order valence-electron chi connectivity index (χ1n) is 10.9. The molecule has 4 atom stereocenters. The molecule has 2 aromatic rings. The van der Waals surface area contributed by atoms with Gasteiger partial charge in [-0.1, -0.05) is 82.3 Å². The largest absolute Gasteiger partial charge is 0.372 e. The third kappa shape index (κ3) is 3.11. The van der Waals surface area contributed by atoms with Gasteiger partial charge < -0.3 is 19.3 Å². The lowest BCUT2D eigenvalue weighted by atomic mass is 10.0. The quantitative estimate of drug-likeness (QED) is 0.606. The van der Waals surface area contributed by atoms with Crippen molar-refractivity contribution in [3.8, 4) is 0 Å². The smallest absolute Gasteiger partial charge is 0.261 e. The number of ether oxygens (including phenoxy) is 2. The van der Waals surface area contributed by atoms with Crippen molar-refractivity contribution in [1.82, 2.24) is 9.80 Å². The van der Waals surface area contributed by atoms with Crippen LogP contribution in [-0.4, -0.2) is 56.7 Å². The van der Waals surface area contributed by atoms with E-state index < -0.39 is 9.74 Å². The molecule has 5 fully saturated rings. The lowest BCUT2D eigenvalue weighted by molar-refractivity contribution is -0.161. The van der Waals surface area contributed by atoms with Gasteiger partial charge in [-0.15, -0.1) is 0 Å². The summed E-state index contributed by atoms with van der Waals surface area (Å²) in [4.78, 5) is 29.2. The summed E-state index contributed by atoms with van der Waals surface area (Å²) in [5.74, 6) is 0.0787. The van der Waals surface area contributed by atoms with Gasteiger partial charge >= 0.3 is 0 Å². The first kappa shape index (κ1) is 20.6. The summed E-state index contributed by atoms with van der Waals surface area (Å²) in [7, 11) is 3.09. The second-order valence-corrected chi connectivity index (χ2v) is 11.5. The van der Waals surface area contributed by atoms with Crippen LogP contribution in [0, 0.1) is 0 Å². The van der Waals surface area contributed by atoms with Gasteiger partial charge in [0.2, 0.25) is 0 Å². The van der Waals surface area contributed by atoms with Crippen molar-refractivity contribution < 1.29 is 19.1 Å². The standard InChI is InChI=1S/C24H24N2O4S2/c27-21-23-11-19(29-15-17-7-3-1-4-8-17)13-25(23)22(28)24(32-31-23)12-20(14-26(21)24)30-16-18-9-5-2-6-10-18/h1-10,19-20H,11-16H2/t19-,20-,23-,24-/m1/s1. The highest BCUT2D eigenvalue weighted by atomic mass is 33.1. The molecule has 0 aliphatic carbocycles. The molecule has 0 radical (unpaired) electrons. The van der Waals surface area contributed by atoms with E-state index in [2.05, 4.69) is 0 Å². The van der Waals surface area contributed by atoms with E-state index in [4.69, 9.17) is 9.47 Å². The van der Waals surface area contributed by atoms with Crippen LogP contribution in [-0.2, 0) is 32.3 Å². The van der Waals surface area contributed by atoms with E-state index in [1.54, 1.807) is 31.4 Å². The van der Waals surface area contributed by atoms with Crippen LogP contribution in [0.25, 0.3) is 0 Å². The number of fused-ring (bicyclic) bond motifs is 1. The number of rotatable bonds is 6. The lowest BCUT2D eigenvalue weighted by Gasteiger charge is -2.56. The summed E-state index contributed by atoms with van der Waals surface area (Å²) in [6.45, 7) is 1.91. The fourth-order valence-corrected chi connectivity index (χ4v) is 9.00. The SMILES string of the molecule is O=C1N2C[C@H](OCc3ccccc3)C[C@]23SS[C@]12C[C@@H](OCc1ccccc1)CN2C3=O. The molecule has 5 saturated heterocycles. The second-order valence-electron chi connectivity index (χ2n) is 8.81. The zero-order chi connectivity index (χ0) is 21.8. The Bertz CT molecular complexity index is 955. The van der Waals surface area contributed by atoms with Crippen LogP contribution in [0.15, 0.2) is 60.7 Å². The van der Waals surface area contributed by atoms with Gasteiger partial charge in [-0.2, -0.15) is 0 Å². The van der Waals surface area contributed by atoms with Crippen LogP contribution in [0.4, 0.5) is 0 Å². The monoisotopic (exact) mass is 468 g/mol. The predicted molar refractivity (Wildman–Crippen MR) is 123 cm³/mol. The maximum Gasteiger partial charge on any atom is 0.261 e. The van der Waals surface area contributed by atoms with Crippen molar-refractivity contribution in [3.63, 3.8) is 0 Å². The van der Waals surface area contributed by atoms with Gasteiger partial charge in [-0.3, -0.25) is 9.59 Å². The molecule has 32 heavy (non-hydrogen) atoms. The Morgan fingerprint density at radius 2 is 1.12 bits per heavy atom. The molecular weight excluding hydrogens is 444 g/mol. The van der Waals surface area contributed by atoms with Gasteiger partial charge in [0.05, 0.1) is 25.4 Å². The van der Waals surface area contributed by atoms with E-state index in [0.29, 0.717) is 39.1 Å². The fraction of sp³-hybridized carbons (Fsp3) is 0.417. The minimum Gasteiger partial charge on any atom is -0.372 e. The van der Waals surface area contributed by atoms with Crippen molar-refractivity contribution in [3.05, 3.63) is 71.8 Å². The molecule has 6 nitrogen and oxygen atoms in total. The number of piperazine rings is 1. The average molecular weight is 469 g/mol. The normalized spacial score (nSPS) is 33.0. The molecule has 7 rings (SSSR count). The second kappa shape index (κ2) is 7.80. The summed E-state index contributed by atoms with van der Waals surface area (Å²) < 4.78 is 12.3. The van der Waals surface area contributed by atoms with Gasteiger partial charge in [0.15, 0.2) is 9.74 Å². The number of carbonyl (C=O) groups excluding carboxylic acids is 2. The van der Waals surface area contributed by atoms with E-state index in [1.165, 1.54) is 0 Å². The molecule has 166 valence electrons. The zero-order valence-corrected chi connectivity index (χ0v) is 19.1. The summed E-state index contributed by atoms with van der Waals surface area (Å²) in [6, 6.07) is 20.0. The van der Waals surface area contributed by atoms with E-state index in [1.807, 2.05) is 60.7 Å². The van der Waals surface area contributed by atoms with Crippen LogP contribution in [0.1, 0.15) is 24.0 Å². The molecule has 0 aromatic heterocycles. The molecule has 2 amide bonds. The van der Waals surface area contributed by atoms with Crippen molar-refractivity contribution in [2.75, 3.05) is 13.1 Å². The summed E-state index contributed by atoms with van der Waals surface area (Å²) in [5.41, 5.74) is 2.19. The molecule has 5 aliphatic rings. The van der Waals surface area contributed by atoms with E-state index in [9.17, 15) is 9.59 Å². The predicted octanol–water partition coefficient (Wildman–Crippen LogP) is 3.42. The number of benzene rings is 2. The topological polar surface area (TPSA) is 59.1 Å². The van der Waals surface area contributed by atoms with Crippen molar-refractivity contribution in [2.45, 2.75) is 48.0 Å². The summed E-state index contributed by atoms with van der Waals surface area (Å²) in [5, 5.41) is 0. The molecular formula is C24H24N2O4S2. The van der Waals surface area contributed by atoms with Crippen molar-refractivity contribution >= 4 is 33.4 Å². The summed E-state index contributed by atoms with van der Waals surface area (Å²) >= 11 is 0. The summed E-state index contributed by atoms with van der Waals surface area (Å²) in [6.07, 6.45) is 0.780. The first-order valence-corrected chi connectivity index (χ1v) is 13.1. The Morgan fingerprint density at radius 3 is 1.53 bits per heavy atom. The van der Waals surface area contributed by atoms with Gasteiger partial charge in [-0.05, 0) is 11.1 Å². The number of hydrogen-bond donors (Lipinski definition) is 0. The van der Waals surface area contributed by atoms with Crippen LogP contribution >= 0.6 is 21.6 Å². The fourth-order valence-electron chi connectivity index (χ4n) is 5.16. The van der Waals surface area contributed by atoms with Crippen LogP contribution < -0.4 is 0 Å². The van der Waals surface area contributed by atoms with Crippen LogP contribution in [0.3, 0.4) is 0 Å². The van der Waals surface area contributed by atoms with E-state index in [0.717, 1.165) is 11.1 Å². The molecule has 0 unspecified atom stereocenters. The van der Waals surface area contributed by atoms with Gasteiger partial charge in [0.1, 0.15) is 0 Å². The van der Waals surface area contributed by atoms with Gasteiger partial charge in [-0.25, -0.2) is 0 Å². The highest BCUT2D eigenvalue weighted by Gasteiger charge is 2.74. The third-order valence-electron chi connectivity index (χ3n) is 6.79. The highest BCUT2D eigenvalue weighted by Crippen LogP contribution is 2.65. The van der Waals surface area contributed by atoms with Crippen LogP contribution in [0.5, 0.6) is 0 Å². The third-order valence-corrected chi connectivity index (χ3v) is 10.4. The molecule has 0 N–H and O–H groups in total. The molecule has 0 saturated carbocycles. The minimum atomic E-state index is -0.848. The minimum absolute atomic E-state index is 0.0393. The van der Waals surface area contributed by atoms with Gasteiger partial charge in [0, 0.05) is 25.9 Å². The number of hydrogen-bond acceptors (Lipinski definition) is 6. The average Bonchev–Trinajstić information content (AvgIpc) is 3.41. The molecule has 2 bridgehead atoms. The van der Waals surface area contributed by atoms with Crippen LogP contribution in [0.2, 0.25) is 0 Å². The number of amides is 2. The Hall–Kier alpha value is -2.00. The molecule has 2 aromatic carbocycles. The first-order chi connectivity index (χ1) is 15.6. The Balaban J connectivity index is 1.17. The van der Waals surface area contributed by atoms with E-state index in [-0.39, 0.29) is 24.0 Å². The van der Waals surface area contributed by atoms with Gasteiger partial charge in [0.25, 0.3) is 11.8 Å². The Labute approximate surface area is 195 Å². The number of carbonyl (C=O) groups is 2. The Morgan fingerprint density at radius 1 is 0.719 bits per heavy atom. The van der Waals surface area contributed by atoms with Crippen molar-refractivity contribution in [2.24, 2.45) is 0 Å². The maximum atomic E-state index is 13.6. The molecule has 5 aliphatic heterocycles. The molecule has 5 heterocycles. The Kier molecular flexibility index (Phi) is 5.02. The lowest BCUT2D eigenvalue weighted by Crippen LogP contribution is -2.73. The molecule has 2 spiro atoms. The number of nitrogens with zero attached hydrogens (tertiary/aromatic N) is 2. The maximum absolute atomic E-state index is 13.6. The molecule has 8 heteroatoms. The van der Waals surface area contributed by atoms with E-state index >= 15 is 0 Å². The van der Waals surface area contributed by atoms with Crippen molar-refractivity contribution in [1.29, 1.82) is 0 Å².